The summed E-state index contributed by atoms with van der Waals surface area (Å²) in [7, 11) is 0. The lowest BCUT2D eigenvalue weighted by atomic mass is 10.0. The number of benzene rings is 1. The quantitative estimate of drug-likeness (QED) is 0.932. The van der Waals surface area contributed by atoms with Crippen LogP contribution in [0.3, 0.4) is 0 Å². The lowest BCUT2D eigenvalue weighted by Crippen LogP contribution is -2.36. The third-order valence-corrected chi connectivity index (χ3v) is 5.50. The number of amides is 2. The highest BCUT2D eigenvalue weighted by Crippen LogP contribution is 2.29. The molecule has 1 atom stereocenters. The number of nitrogens with one attached hydrogen (secondary N) is 1. The largest absolute Gasteiger partial charge is 0.354 e. The van der Waals surface area contributed by atoms with Crippen molar-refractivity contribution in [3.8, 4) is 0 Å². The van der Waals surface area contributed by atoms with E-state index in [0.717, 1.165) is 22.7 Å². The number of hydrogen-bond donors (Lipinski definition) is 1. The average molecular weight is 343 g/mol. The molecule has 0 saturated carbocycles. The second-order valence-electron chi connectivity index (χ2n) is 5.85. The first kappa shape index (κ1) is 16.6. The molecular weight excluding hydrogens is 322 g/mol. The fraction of sp³-hybridized carbons (Fsp3) is 0.389. The maximum absolute atomic E-state index is 13.2. The van der Waals surface area contributed by atoms with E-state index in [0.29, 0.717) is 18.0 Å². The summed E-state index contributed by atoms with van der Waals surface area (Å²) in [5.41, 5.74) is 1.76. The monoisotopic (exact) mass is 343 g/mol. The highest BCUT2D eigenvalue weighted by atomic mass is 32.1. The number of carbonyl (C=O) groups excluding carboxylic acids is 2. The van der Waals surface area contributed by atoms with Crippen LogP contribution in [0.4, 0.5) is 0 Å². The van der Waals surface area contributed by atoms with Gasteiger partial charge in [0.2, 0.25) is 5.91 Å². The van der Waals surface area contributed by atoms with E-state index in [2.05, 4.69) is 10.3 Å². The maximum atomic E-state index is 13.2. The van der Waals surface area contributed by atoms with Crippen LogP contribution in [0.1, 0.15) is 45.3 Å². The molecule has 2 aromatic rings. The van der Waals surface area contributed by atoms with Gasteiger partial charge in [0.1, 0.15) is 4.88 Å². The molecule has 0 unspecified atom stereocenters. The van der Waals surface area contributed by atoms with Crippen molar-refractivity contribution in [2.45, 2.75) is 32.7 Å². The number of rotatable bonds is 3. The molecule has 1 fully saturated rings. The van der Waals surface area contributed by atoms with Gasteiger partial charge in [-0.15, -0.1) is 11.3 Å². The summed E-state index contributed by atoms with van der Waals surface area (Å²) in [4.78, 5) is 32.1. The van der Waals surface area contributed by atoms with Crippen LogP contribution in [0.15, 0.2) is 30.3 Å². The lowest BCUT2D eigenvalue weighted by Gasteiger charge is -2.29. The highest BCUT2D eigenvalue weighted by molar-refractivity contribution is 7.13. The molecule has 2 amide bonds. The van der Waals surface area contributed by atoms with Gasteiger partial charge in [0.15, 0.2) is 0 Å². The van der Waals surface area contributed by atoms with Gasteiger partial charge in [-0.05, 0) is 18.9 Å². The summed E-state index contributed by atoms with van der Waals surface area (Å²) in [6, 6.07) is 9.52. The van der Waals surface area contributed by atoms with E-state index in [1.54, 1.807) is 0 Å². The molecule has 126 valence electrons. The number of aromatic nitrogens is 1. The van der Waals surface area contributed by atoms with Crippen molar-refractivity contribution in [3.05, 3.63) is 51.5 Å². The summed E-state index contributed by atoms with van der Waals surface area (Å²) in [6.07, 6.45) is 1.11. The van der Waals surface area contributed by atoms with Crippen LogP contribution in [0.2, 0.25) is 0 Å². The predicted molar refractivity (Wildman–Crippen MR) is 94.1 cm³/mol. The van der Waals surface area contributed by atoms with Gasteiger partial charge in [-0.2, -0.15) is 0 Å². The van der Waals surface area contributed by atoms with Gasteiger partial charge in [-0.1, -0.05) is 37.3 Å². The van der Waals surface area contributed by atoms with E-state index in [-0.39, 0.29) is 24.3 Å². The predicted octanol–water partition coefficient (Wildman–Crippen LogP) is 2.72. The van der Waals surface area contributed by atoms with Crippen LogP contribution in [0, 0.1) is 6.92 Å². The minimum Gasteiger partial charge on any atom is -0.354 e. The molecule has 6 heteroatoms. The first-order valence-electron chi connectivity index (χ1n) is 8.19. The first-order chi connectivity index (χ1) is 11.6. The second kappa shape index (κ2) is 7.13. The molecule has 1 N–H and O–H groups in total. The average Bonchev–Trinajstić information content (AvgIpc) is 2.86. The summed E-state index contributed by atoms with van der Waals surface area (Å²) in [5.74, 6) is -0.0514. The van der Waals surface area contributed by atoms with Crippen molar-refractivity contribution in [1.29, 1.82) is 0 Å². The Kier molecular flexibility index (Phi) is 4.94. The van der Waals surface area contributed by atoms with Crippen molar-refractivity contribution >= 4 is 23.2 Å². The van der Waals surface area contributed by atoms with Gasteiger partial charge < -0.3 is 10.2 Å². The number of carbonyl (C=O) groups is 2. The van der Waals surface area contributed by atoms with Gasteiger partial charge in [-0.3, -0.25) is 9.59 Å². The van der Waals surface area contributed by atoms with Gasteiger partial charge in [-0.25, -0.2) is 4.98 Å². The topological polar surface area (TPSA) is 62.3 Å². The van der Waals surface area contributed by atoms with Crippen LogP contribution >= 0.6 is 11.3 Å². The molecule has 0 radical (unpaired) electrons. The Hall–Kier alpha value is -2.21. The Labute approximate surface area is 145 Å². The Balaban J connectivity index is 1.96. The molecule has 5 nitrogen and oxygen atoms in total. The van der Waals surface area contributed by atoms with Crippen LogP contribution in [0.25, 0.3) is 0 Å². The fourth-order valence-electron chi connectivity index (χ4n) is 2.98. The summed E-state index contributed by atoms with van der Waals surface area (Å²) < 4.78 is 0. The van der Waals surface area contributed by atoms with Gasteiger partial charge in [0.05, 0.1) is 23.2 Å². The van der Waals surface area contributed by atoms with Crippen LogP contribution in [0.5, 0.6) is 0 Å². The van der Waals surface area contributed by atoms with Crippen molar-refractivity contribution in [2.24, 2.45) is 0 Å². The fourth-order valence-corrected chi connectivity index (χ4v) is 3.94. The van der Waals surface area contributed by atoms with Crippen LogP contribution in [-0.2, 0) is 11.2 Å². The van der Waals surface area contributed by atoms with Crippen molar-refractivity contribution < 1.29 is 9.59 Å². The SMILES string of the molecule is CCc1nc(C)c(C(=O)N2CCNC(=O)C[C@H]2c2ccccc2)s1. The molecule has 3 rings (SSSR count). The Bertz CT molecular complexity index is 742. The highest BCUT2D eigenvalue weighted by Gasteiger charge is 2.32. The van der Waals surface area contributed by atoms with Crippen molar-refractivity contribution in [3.63, 3.8) is 0 Å². The number of thiazole rings is 1. The van der Waals surface area contributed by atoms with E-state index in [1.807, 2.05) is 49.1 Å². The van der Waals surface area contributed by atoms with Crippen LogP contribution < -0.4 is 5.32 Å². The van der Waals surface area contributed by atoms with Gasteiger partial charge in [0.25, 0.3) is 5.91 Å². The van der Waals surface area contributed by atoms with E-state index < -0.39 is 0 Å². The molecule has 1 aliphatic rings. The van der Waals surface area contributed by atoms with Crippen LogP contribution in [-0.4, -0.2) is 34.8 Å². The third kappa shape index (κ3) is 3.33. The number of nitrogens with zero attached hydrogens (tertiary/aromatic N) is 2. The van der Waals surface area contributed by atoms with E-state index in [9.17, 15) is 9.59 Å². The summed E-state index contributed by atoms with van der Waals surface area (Å²) >= 11 is 1.46. The standard InChI is InChI=1S/C18H21N3O2S/c1-3-16-20-12(2)17(24-16)18(23)21-10-9-19-15(22)11-14(21)13-7-5-4-6-8-13/h4-8,14H,3,9-11H2,1-2H3,(H,19,22)/t14-/m0/s1. The van der Waals surface area contributed by atoms with Gasteiger partial charge >= 0.3 is 0 Å². The molecule has 0 aliphatic carbocycles. The van der Waals surface area contributed by atoms with Gasteiger partial charge in [0, 0.05) is 13.1 Å². The molecule has 1 aliphatic heterocycles. The number of hydrogen-bond acceptors (Lipinski definition) is 4. The molecule has 1 saturated heterocycles. The molecule has 0 spiro atoms. The zero-order valence-electron chi connectivity index (χ0n) is 13.9. The molecule has 1 aromatic carbocycles. The molecule has 1 aromatic heterocycles. The lowest BCUT2D eigenvalue weighted by molar-refractivity contribution is -0.121. The summed E-state index contributed by atoms with van der Waals surface area (Å²) in [6.45, 7) is 4.89. The summed E-state index contributed by atoms with van der Waals surface area (Å²) in [5, 5.41) is 3.84. The zero-order valence-corrected chi connectivity index (χ0v) is 14.7. The first-order valence-corrected chi connectivity index (χ1v) is 9.00. The molecule has 24 heavy (non-hydrogen) atoms. The molecular formula is C18H21N3O2S. The Morgan fingerprint density at radius 2 is 2.12 bits per heavy atom. The van der Waals surface area contributed by atoms with Crippen molar-refractivity contribution in [1.82, 2.24) is 15.2 Å². The normalized spacial score (nSPS) is 18.2. The maximum Gasteiger partial charge on any atom is 0.266 e. The minimum atomic E-state index is -0.243. The van der Waals surface area contributed by atoms with E-state index in [4.69, 9.17) is 0 Å². The van der Waals surface area contributed by atoms with Crippen molar-refractivity contribution in [2.75, 3.05) is 13.1 Å². The smallest absolute Gasteiger partial charge is 0.266 e. The number of aryl methyl sites for hydroxylation is 2. The minimum absolute atomic E-state index is 0.0190. The Morgan fingerprint density at radius 3 is 2.79 bits per heavy atom. The Morgan fingerprint density at radius 1 is 1.38 bits per heavy atom. The second-order valence-corrected chi connectivity index (χ2v) is 6.94. The molecule has 2 heterocycles. The van der Waals surface area contributed by atoms with E-state index >= 15 is 0 Å². The zero-order chi connectivity index (χ0) is 17.1. The van der Waals surface area contributed by atoms with E-state index in [1.165, 1.54) is 11.3 Å². The third-order valence-electron chi connectivity index (χ3n) is 4.21. The molecule has 0 bridgehead atoms.